The van der Waals surface area contributed by atoms with Crippen molar-refractivity contribution in [3.05, 3.63) is 12.2 Å². The van der Waals surface area contributed by atoms with Crippen molar-refractivity contribution >= 4 is 5.78 Å². The molecule has 3 aliphatic rings. The van der Waals surface area contributed by atoms with Crippen molar-refractivity contribution in [1.82, 2.24) is 0 Å². The van der Waals surface area contributed by atoms with E-state index >= 15 is 0 Å². The molecule has 0 aliphatic heterocycles. The second kappa shape index (κ2) is 2.21. The first-order valence-corrected chi connectivity index (χ1v) is 5.07. The quantitative estimate of drug-likeness (QED) is 0.499. The average Bonchev–Trinajstić information content (AvgIpc) is 2.64. The molecule has 0 saturated heterocycles. The highest BCUT2D eigenvalue weighted by molar-refractivity contribution is 5.83. The van der Waals surface area contributed by atoms with Crippen LogP contribution < -0.4 is 0 Å². The zero-order valence-electron chi connectivity index (χ0n) is 7.20. The lowest BCUT2D eigenvalue weighted by Crippen LogP contribution is -2.31. The fraction of sp³-hybridized carbons (Fsp3) is 0.727. The Morgan fingerprint density at radius 3 is 2.92 bits per heavy atom. The normalized spacial score (nSPS) is 49.8. The standard InChI is InChI=1S/C11H14O/c12-10-3-1-2-9-7-4-5-8(6-7)11(9)10/h4-5,7-9,11H,1-3,6H2. The van der Waals surface area contributed by atoms with Gasteiger partial charge in [-0.05, 0) is 37.0 Å². The summed E-state index contributed by atoms with van der Waals surface area (Å²) in [4.78, 5) is 11.6. The molecule has 1 nitrogen and oxygen atoms in total. The number of ketones is 1. The summed E-state index contributed by atoms with van der Waals surface area (Å²) >= 11 is 0. The number of fused-ring (bicyclic) bond motifs is 5. The van der Waals surface area contributed by atoms with Gasteiger partial charge in [0.15, 0.2) is 0 Å². The predicted octanol–water partition coefficient (Wildman–Crippen LogP) is 2.18. The van der Waals surface area contributed by atoms with E-state index in [0.29, 0.717) is 17.6 Å². The van der Waals surface area contributed by atoms with Gasteiger partial charge >= 0.3 is 0 Å². The third-order valence-electron chi connectivity index (χ3n) is 3.95. The molecule has 4 unspecified atom stereocenters. The van der Waals surface area contributed by atoms with Crippen LogP contribution in [0.3, 0.4) is 0 Å². The van der Waals surface area contributed by atoms with Gasteiger partial charge in [-0.25, -0.2) is 0 Å². The molecule has 0 spiro atoms. The Labute approximate surface area is 72.8 Å². The number of hydrogen-bond donors (Lipinski definition) is 0. The molecule has 2 bridgehead atoms. The molecule has 4 atom stereocenters. The van der Waals surface area contributed by atoms with Crippen LogP contribution in [-0.2, 0) is 4.79 Å². The Morgan fingerprint density at radius 2 is 2.08 bits per heavy atom. The van der Waals surface area contributed by atoms with Gasteiger partial charge in [-0.15, -0.1) is 0 Å². The molecule has 12 heavy (non-hydrogen) atoms. The van der Waals surface area contributed by atoms with Crippen LogP contribution in [0.15, 0.2) is 12.2 Å². The molecular weight excluding hydrogens is 148 g/mol. The maximum absolute atomic E-state index is 11.6. The van der Waals surface area contributed by atoms with Gasteiger partial charge in [-0.3, -0.25) is 4.79 Å². The van der Waals surface area contributed by atoms with Crippen LogP contribution in [0, 0.1) is 23.7 Å². The van der Waals surface area contributed by atoms with Crippen LogP contribution in [0.1, 0.15) is 25.7 Å². The Morgan fingerprint density at radius 1 is 1.25 bits per heavy atom. The van der Waals surface area contributed by atoms with Crippen molar-refractivity contribution < 1.29 is 4.79 Å². The van der Waals surface area contributed by atoms with E-state index in [0.717, 1.165) is 24.7 Å². The van der Waals surface area contributed by atoms with Gasteiger partial charge in [0.25, 0.3) is 0 Å². The van der Waals surface area contributed by atoms with E-state index < -0.39 is 0 Å². The van der Waals surface area contributed by atoms with Crippen molar-refractivity contribution in [2.45, 2.75) is 25.7 Å². The lowest BCUT2D eigenvalue weighted by Gasteiger charge is -2.30. The molecule has 3 aliphatic carbocycles. The second-order valence-electron chi connectivity index (χ2n) is 4.50. The number of hydrogen-bond acceptors (Lipinski definition) is 1. The minimum absolute atomic E-state index is 0.439. The van der Waals surface area contributed by atoms with Crippen LogP contribution in [0.25, 0.3) is 0 Å². The van der Waals surface area contributed by atoms with Gasteiger partial charge in [-0.1, -0.05) is 12.2 Å². The van der Waals surface area contributed by atoms with Gasteiger partial charge in [0.2, 0.25) is 0 Å². The van der Waals surface area contributed by atoms with Gasteiger partial charge < -0.3 is 0 Å². The Balaban J connectivity index is 1.97. The van der Waals surface area contributed by atoms with Gasteiger partial charge in [0, 0.05) is 12.3 Å². The largest absolute Gasteiger partial charge is 0.299 e. The zero-order valence-corrected chi connectivity index (χ0v) is 7.20. The minimum Gasteiger partial charge on any atom is -0.299 e. The number of allylic oxidation sites excluding steroid dienone is 2. The highest BCUT2D eigenvalue weighted by Crippen LogP contribution is 2.52. The van der Waals surface area contributed by atoms with Crippen molar-refractivity contribution in [1.29, 1.82) is 0 Å². The van der Waals surface area contributed by atoms with Gasteiger partial charge in [0.05, 0.1) is 0 Å². The summed E-state index contributed by atoms with van der Waals surface area (Å²) < 4.78 is 0. The van der Waals surface area contributed by atoms with Crippen LogP contribution in [-0.4, -0.2) is 5.78 Å². The first kappa shape index (κ1) is 6.88. The second-order valence-corrected chi connectivity index (χ2v) is 4.50. The molecule has 2 fully saturated rings. The number of Topliss-reactive ketones (excluding diaryl/α,β-unsaturated/α-hetero) is 1. The highest BCUT2D eigenvalue weighted by atomic mass is 16.1. The van der Waals surface area contributed by atoms with E-state index in [1.165, 1.54) is 12.8 Å². The molecule has 0 amide bonds. The summed E-state index contributed by atoms with van der Waals surface area (Å²) in [6.07, 6.45) is 9.23. The molecule has 2 saturated carbocycles. The fourth-order valence-electron chi connectivity index (χ4n) is 3.47. The first-order valence-electron chi connectivity index (χ1n) is 5.07. The summed E-state index contributed by atoms with van der Waals surface area (Å²) in [5, 5.41) is 0. The summed E-state index contributed by atoms with van der Waals surface area (Å²) in [5.41, 5.74) is 0. The van der Waals surface area contributed by atoms with Crippen LogP contribution in [0.4, 0.5) is 0 Å². The molecule has 0 aromatic carbocycles. The molecule has 0 aromatic rings. The summed E-state index contributed by atoms with van der Waals surface area (Å²) in [6.45, 7) is 0. The number of carbonyl (C=O) groups excluding carboxylic acids is 1. The van der Waals surface area contributed by atoms with E-state index in [-0.39, 0.29) is 0 Å². The molecule has 3 rings (SSSR count). The lowest BCUT2D eigenvalue weighted by atomic mass is 9.73. The van der Waals surface area contributed by atoms with E-state index in [2.05, 4.69) is 12.2 Å². The third kappa shape index (κ3) is 0.720. The molecule has 64 valence electrons. The summed E-state index contributed by atoms with van der Waals surface area (Å²) in [7, 11) is 0. The first-order chi connectivity index (χ1) is 5.86. The summed E-state index contributed by atoms with van der Waals surface area (Å²) in [6, 6.07) is 0. The van der Waals surface area contributed by atoms with Gasteiger partial charge in [-0.2, -0.15) is 0 Å². The predicted molar refractivity (Wildman–Crippen MR) is 46.6 cm³/mol. The molecule has 0 aromatic heterocycles. The molecule has 0 N–H and O–H groups in total. The monoisotopic (exact) mass is 162 g/mol. The van der Waals surface area contributed by atoms with Crippen LogP contribution in [0.5, 0.6) is 0 Å². The van der Waals surface area contributed by atoms with Crippen molar-refractivity contribution in [2.75, 3.05) is 0 Å². The lowest BCUT2D eigenvalue weighted by molar-refractivity contribution is -0.127. The Bertz CT molecular complexity index is 254. The number of carbonyl (C=O) groups is 1. The van der Waals surface area contributed by atoms with Gasteiger partial charge in [0.1, 0.15) is 5.78 Å². The maximum atomic E-state index is 11.6. The van der Waals surface area contributed by atoms with Crippen molar-refractivity contribution in [3.8, 4) is 0 Å². The molecule has 0 heterocycles. The summed E-state index contributed by atoms with van der Waals surface area (Å²) in [5.74, 6) is 3.13. The van der Waals surface area contributed by atoms with Crippen molar-refractivity contribution in [3.63, 3.8) is 0 Å². The topological polar surface area (TPSA) is 17.1 Å². The third-order valence-corrected chi connectivity index (χ3v) is 3.95. The minimum atomic E-state index is 0.439. The average molecular weight is 162 g/mol. The van der Waals surface area contributed by atoms with Crippen molar-refractivity contribution in [2.24, 2.45) is 23.7 Å². The SMILES string of the molecule is O=C1CCCC2C3C=CC(C3)C12. The molecular formula is C11H14O. The fourth-order valence-corrected chi connectivity index (χ4v) is 3.47. The Hall–Kier alpha value is -0.590. The van der Waals surface area contributed by atoms with Crippen LogP contribution >= 0.6 is 0 Å². The van der Waals surface area contributed by atoms with E-state index in [1.807, 2.05) is 0 Å². The van der Waals surface area contributed by atoms with E-state index in [9.17, 15) is 4.79 Å². The maximum Gasteiger partial charge on any atom is 0.136 e. The Kier molecular flexibility index (Phi) is 1.27. The van der Waals surface area contributed by atoms with E-state index in [1.54, 1.807) is 0 Å². The van der Waals surface area contributed by atoms with Crippen LogP contribution in [0.2, 0.25) is 0 Å². The van der Waals surface area contributed by atoms with E-state index in [4.69, 9.17) is 0 Å². The number of rotatable bonds is 0. The highest BCUT2D eigenvalue weighted by Gasteiger charge is 2.48. The zero-order chi connectivity index (χ0) is 8.13. The molecule has 1 heteroatoms. The smallest absolute Gasteiger partial charge is 0.136 e. The molecule has 0 radical (unpaired) electrons.